The van der Waals surface area contributed by atoms with E-state index in [9.17, 15) is 4.55 Å². The summed E-state index contributed by atoms with van der Waals surface area (Å²) >= 11 is 4.64. The highest BCUT2D eigenvalue weighted by Crippen LogP contribution is 2.22. The molecule has 0 N–H and O–H groups in total. The Kier molecular flexibility index (Phi) is 4.32. The van der Waals surface area contributed by atoms with Crippen LogP contribution in [0.4, 0.5) is 0 Å². The number of aryl methyl sites for hydroxylation is 1. The summed E-state index contributed by atoms with van der Waals surface area (Å²) in [4.78, 5) is 8.37. The van der Waals surface area contributed by atoms with Crippen molar-refractivity contribution in [2.45, 2.75) is 32.4 Å². The fourth-order valence-electron chi connectivity index (χ4n) is 1.63. The summed E-state index contributed by atoms with van der Waals surface area (Å²) in [6.07, 6.45) is 4.99. The number of hydrogen-bond donors (Lipinski definition) is 0. The van der Waals surface area contributed by atoms with Gasteiger partial charge >= 0.3 is 0 Å². The number of halogens is 1. The molecule has 1 atom stereocenters. The molecule has 0 aliphatic heterocycles. The van der Waals surface area contributed by atoms with Crippen molar-refractivity contribution in [3.8, 4) is 0 Å². The van der Waals surface area contributed by atoms with Crippen LogP contribution in [0.3, 0.4) is 0 Å². The van der Waals surface area contributed by atoms with E-state index in [-0.39, 0.29) is 4.75 Å². The van der Waals surface area contributed by atoms with Gasteiger partial charge < -0.3 is 4.55 Å². The van der Waals surface area contributed by atoms with Gasteiger partial charge in [-0.15, -0.1) is 0 Å². The topological polar surface area (TPSA) is 61.2 Å². The smallest absolute Gasteiger partial charge is 0.144 e. The van der Waals surface area contributed by atoms with Crippen LogP contribution in [0, 0.1) is 6.92 Å². The molecule has 6 heteroatoms. The molecule has 2 rings (SSSR count). The maximum absolute atomic E-state index is 12.0. The highest BCUT2D eigenvalue weighted by atomic mass is 35.5. The van der Waals surface area contributed by atoms with Crippen molar-refractivity contribution in [3.05, 3.63) is 34.9 Å². The third-order valence-electron chi connectivity index (χ3n) is 2.78. The van der Waals surface area contributed by atoms with E-state index in [1.165, 1.54) is 0 Å². The van der Waals surface area contributed by atoms with Crippen molar-refractivity contribution in [1.82, 2.24) is 9.97 Å². The molecule has 0 bridgehead atoms. The molecule has 20 heavy (non-hydrogen) atoms. The highest BCUT2D eigenvalue weighted by molar-refractivity contribution is 7.91. The maximum atomic E-state index is 12.0. The van der Waals surface area contributed by atoms with Gasteiger partial charge in [-0.3, -0.25) is 4.98 Å². The summed E-state index contributed by atoms with van der Waals surface area (Å²) in [5, 5.41) is 2.24. The van der Waals surface area contributed by atoms with E-state index in [2.05, 4.69) is 14.4 Å². The molecule has 0 saturated heterocycles. The van der Waals surface area contributed by atoms with Gasteiger partial charge in [-0.25, -0.2) is 4.98 Å². The molecule has 0 aliphatic rings. The molecule has 0 amide bonds. The minimum Gasteiger partial charge on any atom is -0.591 e. The van der Waals surface area contributed by atoms with Gasteiger partial charge in [-0.05, 0) is 39.1 Å². The number of aromatic nitrogens is 2. The molecule has 2 aromatic heterocycles. The van der Waals surface area contributed by atoms with E-state index in [1.807, 2.05) is 27.7 Å². The minimum atomic E-state index is -1.30. The normalized spacial score (nSPS) is 14.1. The van der Waals surface area contributed by atoms with E-state index in [0.717, 1.165) is 22.0 Å². The Morgan fingerprint density at radius 2 is 1.95 bits per heavy atom. The van der Waals surface area contributed by atoms with Crippen LogP contribution >= 0.6 is 11.6 Å². The van der Waals surface area contributed by atoms with Crippen LogP contribution in [-0.4, -0.2) is 25.5 Å². The van der Waals surface area contributed by atoms with Crippen LogP contribution in [0.2, 0.25) is 5.15 Å². The SMILES string of the molecule is Cc1ncc(/C=N\[S+]([O-])C(C)(C)C)c2cc(Cl)ncc12. The van der Waals surface area contributed by atoms with Gasteiger partial charge in [0.2, 0.25) is 0 Å². The molecule has 0 fully saturated rings. The number of nitrogens with zero attached hydrogens (tertiary/aromatic N) is 3. The lowest BCUT2D eigenvalue weighted by Crippen LogP contribution is -2.25. The molecule has 2 heterocycles. The van der Waals surface area contributed by atoms with Crippen LogP contribution < -0.4 is 0 Å². The van der Waals surface area contributed by atoms with Gasteiger partial charge in [-0.2, -0.15) is 0 Å². The van der Waals surface area contributed by atoms with Crippen LogP contribution in [-0.2, 0) is 11.4 Å². The molecule has 1 unspecified atom stereocenters. The van der Waals surface area contributed by atoms with Crippen LogP contribution in [0.25, 0.3) is 10.8 Å². The molecule has 0 spiro atoms. The Morgan fingerprint density at radius 3 is 2.60 bits per heavy atom. The highest BCUT2D eigenvalue weighted by Gasteiger charge is 2.25. The number of rotatable bonds is 2. The maximum Gasteiger partial charge on any atom is 0.144 e. The van der Waals surface area contributed by atoms with Crippen molar-refractivity contribution < 1.29 is 4.55 Å². The van der Waals surface area contributed by atoms with E-state index >= 15 is 0 Å². The summed E-state index contributed by atoms with van der Waals surface area (Å²) in [7, 11) is 0. The first-order chi connectivity index (χ1) is 9.29. The zero-order valence-electron chi connectivity index (χ0n) is 11.8. The fraction of sp³-hybridized carbons (Fsp3) is 0.357. The predicted molar refractivity (Wildman–Crippen MR) is 84.8 cm³/mol. The summed E-state index contributed by atoms with van der Waals surface area (Å²) in [5.74, 6) is 0. The monoisotopic (exact) mass is 309 g/mol. The van der Waals surface area contributed by atoms with E-state index in [1.54, 1.807) is 24.7 Å². The van der Waals surface area contributed by atoms with E-state index < -0.39 is 11.4 Å². The van der Waals surface area contributed by atoms with E-state index in [0.29, 0.717) is 5.15 Å². The van der Waals surface area contributed by atoms with Gasteiger partial charge in [0.15, 0.2) is 0 Å². The molecule has 106 valence electrons. The third kappa shape index (κ3) is 3.29. The van der Waals surface area contributed by atoms with Crippen molar-refractivity contribution in [3.63, 3.8) is 0 Å². The second kappa shape index (κ2) is 5.68. The fourth-order valence-corrected chi connectivity index (χ4v) is 2.31. The standard InChI is InChI=1S/C14H16ClN3OS/c1-9-12-8-17-13(15)5-11(12)10(6-16-9)7-18-20(19)14(2,3)4/h5-8H,1-4H3/b18-7-. The Bertz CT molecular complexity index is 667. The van der Waals surface area contributed by atoms with Crippen molar-refractivity contribution in [2.75, 3.05) is 0 Å². The number of hydrogen-bond acceptors (Lipinski definition) is 4. The molecule has 0 saturated carbocycles. The zero-order valence-corrected chi connectivity index (χ0v) is 13.4. The Balaban J connectivity index is 2.48. The second-order valence-electron chi connectivity index (χ2n) is 5.45. The summed E-state index contributed by atoms with van der Waals surface area (Å²) in [5.41, 5.74) is 1.66. The summed E-state index contributed by atoms with van der Waals surface area (Å²) in [6.45, 7) is 7.55. The predicted octanol–water partition coefficient (Wildman–Crippen LogP) is 3.47. The molecule has 0 aromatic carbocycles. The number of fused-ring (bicyclic) bond motifs is 1. The van der Waals surface area contributed by atoms with Gasteiger partial charge in [0, 0.05) is 29.0 Å². The summed E-state index contributed by atoms with van der Waals surface area (Å²) in [6, 6.07) is 1.77. The number of pyridine rings is 2. The molecule has 0 aliphatic carbocycles. The van der Waals surface area contributed by atoms with Crippen molar-refractivity contribution in [1.29, 1.82) is 0 Å². The largest absolute Gasteiger partial charge is 0.591 e. The van der Waals surface area contributed by atoms with Gasteiger partial charge in [-0.1, -0.05) is 16.0 Å². The molecule has 2 aromatic rings. The van der Waals surface area contributed by atoms with Crippen molar-refractivity contribution >= 4 is 39.9 Å². The molecule has 0 radical (unpaired) electrons. The first-order valence-electron chi connectivity index (χ1n) is 6.16. The van der Waals surface area contributed by atoms with Crippen LogP contribution in [0.5, 0.6) is 0 Å². The first-order valence-corrected chi connectivity index (χ1v) is 7.64. The molecule has 4 nitrogen and oxygen atoms in total. The Hall–Kier alpha value is -1.17. The lowest BCUT2D eigenvalue weighted by atomic mass is 10.1. The van der Waals surface area contributed by atoms with Crippen molar-refractivity contribution in [2.24, 2.45) is 4.40 Å². The lowest BCUT2D eigenvalue weighted by molar-refractivity contribution is 0.562. The van der Waals surface area contributed by atoms with Crippen LogP contribution in [0.15, 0.2) is 22.9 Å². The second-order valence-corrected chi connectivity index (χ2v) is 7.77. The average Bonchev–Trinajstić information content (AvgIpc) is 2.36. The third-order valence-corrected chi connectivity index (χ3v) is 4.33. The van der Waals surface area contributed by atoms with Gasteiger partial charge in [0.1, 0.15) is 21.3 Å². The quantitative estimate of drug-likeness (QED) is 0.485. The minimum absolute atomic E-state index is 0.385. The Morgan fingerprint density at radius 1 is 1.25 bits per heavy atom. The van der Waals surface area contributed by atoms with Gasteiger partial charge in [0.25, 0.3) is 0 Å². The summed E-state index contributed by atoms with van der Waals surface area (Å²) < 4.78 is 15.7. The van der Waals surface area contributed by atoms with E-state index in [4.69, 9.17) is 11.6 Å². The first kappa shape index (κ1) is 15.2. The lowest BCUT2D eigenvalue weighted by Gasteiger charge is -2.17. The zero-order chi connectivity index (χ0) is 14.9. The van der Waals surface area contributed by atoms with Crippen LogP contribution in [0.1, 0.15) is 32.0 Å². The molecular formula is C14H16ClN3OS. The average molecular weight is 310 g/mol. The molecular weight excluding hydrogens is 294 g/mol. The Labute approximate surface area is 126 Å². The van der Waals surface area contributed by atoms with Gasteiger partial charge in [0.05, 0.1) is 6.21 Å².